The maximum atomic E-state index is 10.6. The van der Waals surface area contributed by atoms with Gasteiger partial charge in [0.1, 0.15) is 0 Å². The summed E-state index contributed by atoms with van der Waals surface area (Å²) in [7, 11) is 3.97. The first-order chi connectivity index (χ1) is 9.08. The zero-order valence-electron chi connectivity index (χ0n) is 10.8. The number of nitro groups is 1. The second-order valence-electron chi connectivity index (χ2n) is 4.26. The number of nitrogens with one attached hydrogen (secondary N) is 1. The summed E-state index contributed by atoms with van der Waals surface area (Å²) in [6, 6.07) is 11.3. The first-order valence-corrected chi connectivity index (χ1v) is 6.63. The Bertz CT molecular complexity index is 581. The number of nitrogens with zero attached hydrogens (tertiary/aromatic N) is 2. The van der Waals surface area contributed by atoms with Crippen LogP contribution in [0.3, 0.4) is 0 Å². The highest BCUT2D eigenvalue weighted by Gasteiger charge is 2.10. The van der Waals surface area contributed by atoms with Gasteiger partial charge in [0.15, 0.2) is 0 Å². The Kier molecular flexibility index (Phi) is 4.01. The molecule has 0 bridgehead atoms. The van der Waals surface area contributed by atoms with Crippen LogP contribution in [0.15, 0.2) is 36.4 Å². The molecule has 0 radical (unpaired) electrons. The number of anilines is 2. The van der Waals surface area contributed by atoms with E-state index >= 15 is 0 Å². The third kappa shape index (κ3) is 3.23. The molecule has 0 spiro atoms. The average molecular weight is 277 g/mol. The summed E-state index contributed by atoms with van der Waals surface area (Å²) >= 11 is 1.20. The van der Waals surface area contributed by atoms with Crippen LogP contribution in [0.25, 0.3) is 0 Å². The number of thiophene rings is 1. The fraction of sp³-hybridized carbons (Fsp3) is 0.231. The van der Waals surface area contributed by atoms with Crippen molar-refractivity contribution in [2.45, 2.75) is 6.54 Å². The third-order valence-corrected chi connectivity index (χ3v) is 3.70. The van der Waals surface area contributed by atoms with Gasteiger partial charge in [0.05, 0.1) is 16.3 Å². The van der Waals surface area contributed by atoms with E-state index in [1.54, 1.807) is 12.1 Å². The van der Waals surface area contributed by atoms with E-state index in [1.165, 1.54) is 11.3 Å². The molecule has 1 aromatic carbocycles. The summed E-state index contributed by atoms with van der Waals surface area (Å²) in [5.74, 6) is 0. The molecule has 0 saturated carbocycles. The van der Waals surface area contributed by atoms with Crippen LogP contribution >= 0.6 is 11.3 Å². The van der Waals surface area contributed by atoms with Gasteiger partial charge in [-0.3, -0.25) is 10.1 Å². The average Bonchev–Trinajstić information content (AvgIpc) is 2.85. The predicted molar refractivity (Wildman–Crippen MR) is 79.1 cm³/mol. The number of hydrogen-bond acceptors (Lipinski definition) is 5. The van der Waals surface area contributed by atoms with Crippen LogP contribution in [0.1, 0.15) is 4.88 Å². The van der Waals surface area contributed by atoms with Crippen LogP contribution in [0.4, 0.5) is 16.4 Å². The molecule has 2 rings (SSSR count). The summed E-state index contributed by atoms with van der Waals surface area (Å²) in [6.07, 6.45) is 0. The lowest BCUT2D eigenvalue weighted by molar-refractivity contribution is -0.380. The van der Waals surface area contributed by atoms with Crippen molar-refractivity contribution in [3.63, 3.8) is 0 Å². The molecule has 0 unspecified atom stereocenters. The van der Waals surface area contributed by atoms with Gasteiger partial charge in [-0.05, 0) is 18.2 Å². The number of benzene rings is 1. The molecule has 0 aliphatic carbocycles. The van der Waals surface area contributed by atoms with Gasteiger partial charge in [-0.1, -0.05) is 23.5 Å². The maximum absolute atomic E-state index is 10.6. The zero-order valence-corrected chi connectivity index (χ0v) is 11.6. The smallest absolute Gasteiger partial charge is 0.324 e. The van der Waals surface area contributed by atoms with Gasteiger partial charge >= 0.3 is 5.00 Å². The van der Waals surface area contributed by atoms with Crippen LogP contribution in [0, 0.1) is 10.1 Å². The van der Waals surface area contributed by atoms with Crippen LogP contribution in [0.2, 0.25) is 0 Å². The van der Waals surface area contributed by atoms with Crippen molar-refractivity contribution < 1.29 is 4.92 Å². The van der Waals surface area contributed by atoms with Crippen molar-refractivity contribution >= 4 is 27.7 Å². The largest absolute Gasteiger partial charge is 0.378 e. The fourth-order valence-electron chi connectivity index (χ4n) is 1.76. The van der Waals surface area contributed by atoms with Gasteiger partial charge in [0, 0.05) is 31.6 Å². The molecule has 0 atom stereocenters. The molecule has 19 heavy (non-hydrogen) atoms. The Labute approximate surface area is 115 Å². The van der Waals surface area contributed by atoms with Crippen LogP contribution < -0.4 is 10.2 Å². The Morgan fingerprint density at radius 2 is 2.00 bits per heavy atom. The molecule has 1 N–H and O–H groups in total. The zero-order chi connectivity index (χ0) is 13.8. The Morgan fingerprint density at radius 1 is 1.26 bits per heavy atom. The Morgan fingerprint density at radius 3 is 2.63 bits per heavy atom. The minimum absolute atomic E-state index is 0.178. The molecule has 0 fully saturated rings. The van der Waals surface area contributed by atoms with E-state index in [1.807, 2.05) is 43.3 Å². The van der Waals surface area contributed by atoms with Crippen LogP contribution in [-0.2, 0) is 6.54 Å². The molecule has 1 heterocycles. The highest BCUT2D eigenvalue weighted by atomic mass is 32.1. The molecular formula is C13H15N3O2S. The summed E-state index contributed by atoms with van der Waals surface area (Å²) in [4.78, 5) is 13.2. The predicted octanol–water partition coefficient (Wildman–Crippen LogP) is 3.33. The summed E-state index contributed by atoms with van der Waals surface area (Å²) in [5, 5.41) is 14.1. The lowest BCUT2D eigenvalue weighted by Crippen LogP contribution is -2.11. The van der Waals surface area contributed by atoms with Gasteiger partial charge in [0.2, 0.25) is 0 Å². The van der Waals surface area contributed by atoms with Crippen molar-refractivity contribution in [1.82, 2.24) is 0 Å². The van der Waals surface area contributed by atoms with E-state index in [0.29, 0.717) is 6.54 Å². The first kappa shape index (κ1) is 13.4. The van der Waals surface area contributed by atoms with E-state index in [4.69, 9.17) is 0 Å². The van der Waals surface area contributed by atoms with E-state index in [-0.39, 0.29) is 9.92 Å². The molecule has 2 aromatic rings. The Balaban J connectivity index is 2.08. The van der Waals surface area contributed by atoms with Crippen LogP contribution in [-0.4, -0.2) is 19.0 Å². The quantitative estimate of drug-likeness (QED) is 0.672. The second kappa shape index (κ2) is 5.71. The van der Waals surface area contributed by atoms with Gasteiger partial charge < -0.3 is 10.2 Å². The first-order valence-electron chi connectivity index (χ1n) is 5.81. The van der Waals surface area contributed by atoms with Crippen LogP contribution in [0.5, 0.6) is 0 Å². The van der Waals surface area contributed by atoms with Crippen molar-refractivity contribution in [3.05, 3.63) is 51.4 Å². The molecular weight excluding hydrogens is 262 g/mol. The van der Waals surface area contributed by atoms with Crippen molar-refractivity contribution in [2.24, 2.45) is 0 Å². The highest BCUT2D eigenvalue weighted by molar-refractivity contribution is 7.15. The summed E-state index contributed by atoms with van der Waals surface area (Å²) < 4.78 is 0. The Hall–Kier alpha value is -2.08. The molecule has 6 heteroatoms. The van der Waals surface area contributed by atoms with Gasteiger partial charge in [-0.2, -0.15) is 0 Å². The van der Waals surface area contributed by atoms with E-state index in [9.17, 15) is 10.1 Å². The number of para-hydroxylation sites is 2. The van der Waals surface area contributed by atoms with E-state index in [0.717, 1.165) is 16.3 Å². The molecule has 0 saturated heterocycles. The normalized spacial score (nSPS) is 10.2. The summed E-state index contributed by atoms with van der Waals surface area (Å²) in [6.45, 7) is 0.587. The number of hydrogen-bond donors (Lipinski definition) is 1. The van der Waals surface area contributed by atoms with Crippen molar-refractivity contribution in [1.29, 1.82) is 0 Å². The second-order valence-corrected chi connectivity index (χ2v) is 5.41. The van der Waals surface area contributed by atoms with Gasteiger partial charge in [-0.15, -0.1) is 0 Å². The topological polar surface area (TPSA) is 58.4 Å². The molecule has 1 aromatic heterocycles. The standard InChI is InChI=1S/C13H15N3O2S/c1-15(2)12-6-4-3-5-11(12)14-9-10-7-8-13(19-10)16(17)18/h3-8,14H,9H2,1-2H3. The monoisotopic (exact) mass is 277 g/mol. The van der Waals surface area contributed by atoms with Crippen molar-refractivity contribution in [3.8, 4) is 0 Å². The van der Waals surface area contributed by atoms with Crippen molar-refractivity contribution in [2.75, 3.05) is 24.3 Å². The highest BCUT2D eigenvalue weighted by Crippen LogP contribution is 2.27. The molecule has 0 amide bonds. The minimum Gasteiger partial charge on any atom is -0.378 e. The molecule has 100 valence electrons. The third-order valence-electron chi connectivity index (χ3n) is 2.67. The molecule has 0 aliphatic heterocycles. The molecule has 0 aliphatic rings. The lowest BCUT2D eigenvalue weighted by Gasteiger charge is -2.17. The van der Waals surface area contributed by atoms with E-state index in [2.05, 4.69) is 5.32 Å². The summed E-state index contributed by atoms with van der Waals surface area (Å²) in [5.41, 5.74) is 2.11. The SMILES string of the molecule is CN(C)c1ccccc1NCc1ccc([N+](=O)[O-])s1. The fourth-order valence-corrected chi connectivity index (χ4v) is 2.51. The maximum Gasteiger partial charge on any atom is 0.324 e. The van der Waals surface area contributed by atoms with Gasteiger partial charge in [-0.25, -0.2) is 0 Å². The minimum atomic E-state index is -0.359. The van der Waals surface area contributed by atoms with Gasteiger partial charge in [0.25, 0.3) is 0 Å². The lowest BCUT2D eigenvalue weighted by atomic mass is 10.2. The molecule has 5 nitrogen and oxygen atoms in total. The van der Waals surface area contributed by atoms with E-state index < -0.39 is 0 Å². The number of rotatable bonds is 5.